The lowest BCUT2D eigenvalue weighted by Gasteiger charge is -2.04. The summed E-state index contributed by atoms with van der Waals surface area (Å²) in [5.41, 5.74) is 2.98. The van der Waals surface area contributed by atoms with Crippen molar-refractivity contribution in [1.29, 1.82) is 0 Å². The van der Waals surface area contributed by atoms with Crippen LogP contribution in [0.2, 0.25) is 0 Å². The van der Waals surface area contributed by atoms with Crippen molar-refractivity contribution in [2.75, 3.05) is 0 Å². The molecule has 2 heterocycles. The molecule has 5 heteroatoms. The normalized spacial score (nSPS) is 10.6. The van der Waals surface area contributed by atoms with Crippen LogP contribution in [0.3, 0.4) is 0 Å². The quantitative estimate of drug-likeness (QED) is 0.831. The zero-order valence-corrected chi connectivity index (χ0v) is 11.8. The second kappa shape index (κ2) is 5.91. The van der Waals surface area contributed by atoms with Crippen molar-refractivity contribution in [3.8, 4) is 5.88 Å². The number of aromatic nitrogens is 3. The summed E-state index contributed by atoms with van der Waals surface area (Å²) in [5.74, 6) is 0.558. The zero-order chi connectivity index (χ0) is 13.0. The van der Waals surface area contributed by atoms with Crippen LogP contribution in [0.15, 0.2) is 11.4 Å². The molecule has 96 valence electrons. The van der Waals surface area contributed by atoms with E-state index in [0.29, 0.717) is 12.5 Å². The molecule has 0 atom stereocenters. The van der Waals surface area contributed by atoms with Gasteiger partial charge in [-0.05, 0) is 32.3 Å². The maximum absolute atomic E-state index is 5.59. The first kappa shape index (κ1) is 13.0. The predicted octanol–water partition coefficient (Wildman–Crippen LogP) is 3.08. The van der Waals surface area contributed by atoms with Crippen molar-refractivity contribution < 1.29 is 4.74 Å². The molecule has 2 rings (SSSR count). The Hall–Kier alpha value is -1.49. The van der Waals surface area contributed by atoms with Crippen molar-refractivity contribution >= 4 is 11.3 Å². The average Bonchev–Trinajstić information content (AvgIpc) is 2.79. The van der Waals surface area contributed by atoms with Crippen LogP contribution in [-0.4, -0.2) is 15.2 Å². The molecule has 0 radical (unpaired) electrons. The van der Waals surface area contributed by atoms with Gasteiger partial charge in [-0.15, -0.1) is 16.4 Å². The summed E-state index contributed by atoms with van der Waals surface area (Å²) in [6.45, 7) is 6.54. The molecule has 2 aromatic heterocycles. The Balaban J connectivity index is 1.95. The Morgan fingerprint density at radius 2 is 2.11 bits per heavy atom. The highest BCUT2D eigenvalue weighted by Gasteiger charge is 2.04. The third kappa shape index (κ3) is 3.26. The highest BCUT2D eigenvalue weighted by molar-refractivity contribution is 7.09. The SMILES string of the molecule is CCCc1nc(COc2cc(C)c(C)nn2)cs1. The molecule has 0 aliphatic heterocycles. The molecular weight excluding hydrogens is 246 g/mol. The first-order chi connectivity index (χ1) is 8.69. The van der Waals surface area contributed by atoms with Crippen molar-refractivity contribution in [3.05, 3.63) is 33.4 Å². The minimum Gasteiger partial charge on any atom is -0.470 e. The van der Waals surface area contributed by atoms with Crippen LogP contribution >= 0.6 is 11.3 Å². The molecule has 0 aliphatic carbocycles. The lowest BCUT2D eigenvalue weighted by atomic mass is 10.2. The van der Waals surface area contributed by atoms with Gasteiger partial charge in [0.1, 0.15) is 6.61 Å². The Morgan fingerprint density at radius 3 is 2.83 bits per heavy atom. The maximum Gasteiger partial charge on any atom is 0.234 e. The molecule has 0 amide bonds. The predicted molar refractivity (Wildman–Crippen MR) is 71.9 cm³/mol. The number of rotatable bonds is 5. The van der Waals surface area contributed by atoms with Crippen LogP contribution in [0.1, 0.15) is 35.3 Å². The van der Waals surface area contributed by atoms with E-state index in [1.54, 1.807) is 11.3 Å². The number of hydrogen-bond donors (Lipinski definition) is 0. The van der Waals surface area contributed by atoms with Gasteiger partial charge >= 0.3 is 0 Å². The van der Waals surface area contributed by atoms with E-state index in [0.717, 1.165) is 29.8 Å². The van der Waals surface area contributed by atoms with Gasteiger partial charge in [0.25, 0.3) is 0 Å². The van der Waals surface area contributed by atoms with Crippen molar-refractivity contribution in [1.82, 2.24) is 15.2 Å². The molecule has 0 N–H and O–H groups in total. The molecule has 0 saturated carbocycles. The highest BCUT2D eigenvalue weighted by atomic mass is 32.1. The second-order valence-corrected chi connectivity index (χ2v) is 5.16. The summed E-state index contributed by atoms with van der Waals surface area (Å²) < 4.78 is 5.59. The van der Waals surface area contributed by atoms with Crippen molar-refractivity contribution in [2.45, 2.75) is 40.2 Å². The molecule has 18 heavy (non-hydrogen) atoms. The lowest BCUT2D eigenvalue weighted by molar-refractivity contribution is 0.285. The molecule has 0 fully saturated rings. The van der Waals surface area contributed by atoms with Gasteiger partial charge in [-0.2, -0.15) is 5.10 Å². The van der Waals surface area contributed by atoms with Crippen molar-refractivity contribution in [3.63, 3.8) is 0 Å². The van der Waals surface area contributed by atoms with Crippen LogP contribution < -0.4 is 4.74 Å². The highest BCUT2D eigenvalue weighted by Crippen LogP contribution is 2.15. The van der Waals surface area contributed by atoms with Gasteiger partial charge in [-0.25, -0.2) is 4.98 Å². The van der Waals surface area contributed by atoms with Crippen LogP contribution in [0.4, 0.5) is 0 Å². The molecule has 0 aromatic carbocycles. The second-order valence-electron chi connectivity index (χ2n) is 4.22. The summed E-state index contributed by atoms with van der Waals surface area (Å²) in [7, 11) is 0. The first-order valence-corrected chi connectivity index (χ1v) is 6.94. The molecule has 0 bridgehead atoms. The van der Waals surface area contributed by atoms with Gasteiger partial charge in [0.15, 0.2) is 0 Å². The number of nitrogens with zero attached hydrogens (tertiary/aromatic N) is 3. The lowest BCUT2D eigenvalue weighted by Crippen LogP contribution is -2.00. The van der Waals surface area contributed by atoms with Gasteiger partial charge < -0.3 is 4.74 Å². The first-order valence-electron chi connectivity index (χ1n) is 6.06. The monoisotopic (exact) mass is 263 g/mol. The average molecular weight is 263 g/mol. The third-order valence-corrected chi connectivity index (χ3v) is 3.60. The van der Waals surface area contributed by atoms with Gasteiger partial charge in [0.05, 0.1) is 16.4 Å². The topological polar surface area (TPSA) is 47.9 Å². The summed E-state index contributed by atoms with van der Waals surface area (Å²) in [5, 5.41) is 11.2. The van der Waals surface area contributed by atoms with Crippen LogP contribution in [0.25, 0.3) is 0 Å². The van der Waals surface area contributed by atoms with Crippen LogP contribution in [-0.2, 0) is 13.0 Å². The minimum absolute atomic E-state index is 0.456. The summed E-state index contributed by atoms with van der Waals surface area (Å²) in [6.07, 6.45) is 2.16. The fourth-order valence-electron chi connectivity index (χ4n) is 1.48. The number of ether oxygens (including phenoxy) is 1. The van der Waals surface area contributed by atoms with E-state index in [9.17, 15) is 0 Å². The zero-order valence-electron chi connectivity index (χ0n) is 10.9. The van der Waals surface area contributed by atoms with E-state index in [4.69, 9.17) is 4.74 Å². The fourth-order valence-corrected chi connectivity index (χ4v) is 2.37. The Kier molecular flexibility index (Phi) is 4.25. The summed E-state index contributed by atoms with van der Waals surface area (Å²) in [4.78, 5) is 4.50. The number of aryl methyl sites for hydroxylation is 3. The summed E-state index contributed by atoms with van der Waals surface area (Å²) >= 11 is 1.69. The standard InChI is InChI=1S/C13H17N3OS/c1-4-5-13-14-11(8-18-13)7-17-12-6-9(2)10(3)15-16-12/h6,8H,4-5,7H2,1-3H3. The van der Waals surface area contributed by atoms with Gasteiger partial charge in [0.2, 0.25) is 5.88 Å². The van der Waals surface area contributed by atoms with E-state index < -0.39 is 0 Å². The minimum atomic E-state index is 0.456. The molecule has 0 unspecified atom stereocenters. The molecule has 0 saturated heterocycles. The third-order valence-electron chi connectivity index (χ3n) is 2.64. The number of thiazole rings is 1. The Morgan fingerprint density at radius 1 is 1.28 bits per heavy atom. The Labute approximate surface area is 111 Å². The molecular formula is C13H17N3OS. The van der Waals surface area contributed by atoms with E-state index in [1.165, 1.54) is 5.01 Å². The van der Waals surface area contributed by atoms with E-state index in [-0.39, 0.29) is 0 Å². The van der Waals surface area contributed by atoms with Crippen molar-refractivity contribution in [2.24, 2.45) is 0 Å². The summed E-state index contributed by atoms with van der Waals surface area (Å²) in [6, 6.07) is 1.90. The fraction of sp³-hybridized carbons (Fsp3) is 0.462. The van der Waals surface area contributed by atoms with Gasteiger partial charge in [-0.3, -0.25) is 0 Å². The molecule has 4 nitrogen and oxygen atoms in total. The number of hydrogen-bond acceptors (Lipinski definition) is 5. The maximum atomic E-state index is 5.59. The van der Waals surface area contributed by atoms with E-state index in [2.05, 4.69) is 22.1 Å². The van der Waals surface area contributed by atoms with Crippen LogP contribution in [0, 0.1) is 13.8 Å². The largest absolute Gasteiger partial charge is 0.470 e. The molecule has 2 aromatic rings. The van der Waals surface area contributed by atoms with Gasteiger partial charge in [0, 0.05) is 11.4 Å². The Bertz CT molecular complexity index is 525. The smallest absolute Gasteiger partial charge is 0.234 e. The molecule has 0 spiro atoms. The van der Waals surface area contributed by atoms with Crippen LogP contribution in [0.5, 0.6) is 5.88 Å². The van der Waals surface area contributed by atoms with E-state index >= 15 is 0 Å². The van der Waals surface area contributed by atoms with E-state index in [1.807, 2.05) is 25.3 Å². The molecule has 0 aliphatic rings. The van der Waals surface area contributed by atoms with Gasteiger partial charge in [-0.1, -0.05) is 6.92 Å².